The van der Waals surface area contributed by atoms with Crippen LogP contribution in [0.2, 0.25) is 0 Å². The van der Waals surface area contributed by atoms with Gasteiger partial charge in [-0.15, -0.1) is 0 Å². The second-order valence-corrected chi connectivity index (χ2v) is 18.3. The Balaban J connectivity index is 1.25. The van der Waals surface area contributed by atoms with Gasteiger partial charge in [-0.3, -0.25) is 9.21 Å². The predicted molar refractivity (Wildman–Crippen MR) is 207 cm³/mol. The minimum absolute atomic E-state index is 0.0106. The third-order valence-corrected chi connectivity index (χ3v) is 14.1. The van der Waals surface area contributed by atoms with Crippen molar-refractivity contribution in [3.05, 3.63) is 108 Å². The van der Waals surface area contributed by atoms with E-state index >= 15 is 0 Å². The molecule has 0 unspecified atom stereocenters. The molecule has 1 aliphatic carbocycles. The topological polar surface area (TPSA) is 84.5 Å². The van der Waals surface area contributed by atoms with Gasteiger partial charge in [-0.1, -0.05) is 80.4 Å². The lowest BCUT2D eigenvalue weighted by atomic mass is 9.89. The summed E-state index contributed by atoms with van der Waals surface area (Å²) in [4.78, 5) is 4.52. The Morgan fingerprint density at radius 3 is 2.22 bits per heavy atom. The predicted octanol–water partition coefficient (Wildman–Crippen LogP) is 6.37. The zero-order chi connectivity index (χ0) is 36.0. The minimum atomic E-state index is -3.95. The quantitative estimate of drug-likeness (QED) is 0.251. The third kappa shape index (κ3) is 9.13. The largest absolute Gasteiger partial charge is 0.378 e. The first kappa shape index (κ1) is 37.3. The number of anilines is 1. The molecule has 6 rings (SSSR count). The molecule has 3 aliphatic rings. The summed E-state index contributed by atoms with van der Waals surface area (Å²) in [6.45, 7) is 7.46. The van der Waals surface area contributed by atoms with Gasteiger partial charge in [-0.05, 0) is 90.2 Å². The second-order valence-electron chi connectivity index (χ2n) is 14.5. The summed E-state index contributed by atoms with van der Waals surface area (Å²) in [6, 6.07) is 23.4. The fourth-order valence-electron chi connectivity index (χ4n) is 7.54. The first-order valence-corrected chi connectivity index (χ1v) is 21.1. The average molecular weight is 732 g/mol. The zero-order valence-corrected chi connectivity index (χ0v) is 31.8. The van der Waals surface area contributed by atoms with Gasteiger partial charge in [0.05, 0.1) is 11.4 Å². The third-order valence-electron chi connectivity index (χ3n) is 10.4. The van der Waals surface area contributed by atoms with E-state index in [0.29, 0.717) is 44.0 Å². The molecule has 51 heavy (non-hydrogen) atoms. The van der Waals surface area contributed by atoms with Crippen LogP contribution >= 0.6 is 0 Å². The van der Waals surface area contributed by atoms with E-state index in [-0.39, 0.29) is 24.5 Å². The van der Waals surface area contributed by atoms with E-state index in [1.165, 1.54) is 40.7 Å². The Morgan fingerprint density at radius 1 is 0.745 bits per heavy atom. The van der Waals surface area contributed by atoms with E-state index in [2.05, 4.69) is 35.7 Å². The molecular formula is C40H53N5O4S2. The molecule has 0 bridgehead atoms. The van der Waals surface area contributed by atoms with Crippen LogP contribution in [-0.2, 0) is 33.2 Å². The van der Waals surface area contributed by atoms with Crippen LogP contribution in [0.15, 0.2) is 102 Å². The Labute approximate surface area is 306 Å². The summed E-state index contributed by atoms with van der Waals surface area (Å²) in [6.07, 6.45) is 11.1. The fraction of sp³-hybridized carbons (Fsp3) is 0.450. The highest BCUT2D eigenvalue weighted by atomic mass is 32.2. The number of rotatable bonds is 8. The maximum Gasteiger partial charge on any atom is 0.304 e. The number of benzene rings is 3. The molecule has 274 valence electrons. The van der Waals surface area contributed by atoms with Crippen LogP contribution in [0.4, 0.5) is 5.69 Å². The summed E-state index contributed by atoms with van der Waals surface area (Å²) in [5, 5.41) is 0. The van der Waals surface area contributed by atoms with Crippen molar-refractivity contribution >= 4 is 25.9 Å². The summed E-state index contributed by atoms with van der Waals surface area (Å²) in [5.74, 6) is 0.602. The van der Waals surface area contributed by atoms with Crippen LogP contribution in [0, 0.1) is 5.92 Å². The van der Waals surface area contributed by atoms with Gasteiger partial charge in [0.2, 0.25) is 10.0 Å². The van der Waals surface area contributed by atoms with Crippen LogP contribution < -0.4 is 4.90 Å². The van der Waals surface area contributed by atoms with Gasteiger partial charge in [0.15, 0.2) is 0 Å². The highest BCUT2D eigenvalue weighted by Gasteiger charge is 2.33. The van der Waals surface area contributed by atoms with Crippen molar-refractivity contribution in [2.75, 3.05) is 64.8 Å². The van der Waals surface area contributed by atoms with Crippen molar-refractivity contribution in [2.45, 2.75) is 56.4 Å². The number of nitrogens with zero attached hydrogens (tertiary/aromatic N) is 5. The standard InChI is InChI=1S/C40H53N5O4S2/c1-33-29-43(50(46,47)40-20-18-39(19-21-40)41(2)3)25-10-23-42(31-34-12-6-4-7-13-34)24-11-26-44(30-33)51(48,49)45-27-22-37-28-36(16-17-38(37)32-45)35-14-8-5-9-15-35/h5,8-9,11,14-21,26,28,34H,1,4,6-7,10,12-13,22-25,27,29-32H2,2-3H3/b26-11-. The van der Waals surface area contributed by atoms with Crippen LogP contribution in [0.1, 0.15) is 49.7 Å². The van der Waals surface area contributed by atoms with Gasteiger partial charge in [-0.25, -0.2) is 8.42 Å². The van der Waals surface area contributed by atoms with Gasteiger partial charge in [0.25, 0.3) is 0 Å². The van der Waals surface area contributed by atoms with E-state index in [0.717, 1.165) is 41.0 Å². The van der Waals surface area contributed by atoms with Crippen LogP contribution in [0.25, 0.3) is 11.1 Å². The Kier molecular flexibility index (Phi) is 12.0. The molecule has 1 saturated carbocycles. The average Bonchev–Trinajstić information content (AvgIpc) is 3.13. The smallest absolute Gasteiger partial charge is 0.304 e. The molecule has 3 aromatic carbocycles. The second kappa shape index (κ2) is 16.5. The summed E-state index contributed by atoms with van der Waals surface area (Å²) in [7, 11) is -3.97. The van der Waals surface area contributed by atoms with Crippen molar-refractivity contribution in [1.29, 1.82) is 0 Å². The Hall–Kier alpha value is -3.48. The highest BCUT2D eigenvalue weighted by molar-refractivity contribution is 7.89. The SMILES string of the molecule is C=C1CN(S(=O)(=O)c2ccc(N(C)C)cc2)CCCN(CC2CCCCC2)C/C=C\N(S(=O)(=O)N2CCc3cc(-c4ccccc4)ccc3C2)C1. The normalized spacial score (nSPS) is 20.3. The molecule has 0 atom stereocenters. The van der Waals surface area contributed by atoms with E-state index in [9.17, 15) is 16.8 Å². The first-order valence-electron chi connectivity index (χ1n) is 18.3. The summed E-state index contributed by atoms with van der Waals surface area (Å²) in [5.41, 5.74) is 5.85. The van der Waals surface area contributed by atoms with Crippen molar-refractivity contribution in [1.82, 2.24) is 17.8 Å². The van der Waals surface area contributed by atoms with E-state index in [1.54, 1.807) is 22.6 Å². The van der Waals surface area contributed by atoms with Crippen LogP contribution in [0.5, 0.6) is 0 Å². The lowest BCUT2D eigenvalue weighted by Gasteiger charge is -2.34. The Bertz CT molecular complexity index is 1890. The van der Waals surface area contributed by atoms with Gasteiger partial charge in [0.1, 0.15) is 0 Å². The molecule has 1 fully saturated rings. The maximum atomic E-state index is 14.4. The van der Waals surface area contributed by atoms with Gasteiger partial charge < -0.3 is 4.90 Å². The number of sulfonamides is 1. The number of hydrogen-bond acceptors (Lipinski definition) is 6. The minimum Gasteiger partial charge on any atom is -0.378 e. The zero-order valence-electron chi connectivity index (χ0n) is 30.2. The molecule has 0 spiro atoms. The molecule has 3 aromatic rings. The lowest BCUT2D eigenvalue weighted by molar-refractivity contribution is 0.209. The molecule has 0 amide bonds. The van der Waals surface area contributed by atoms with Gasteiger partial charge >= 0.3 is 10.2 Å². The lowest BCUT2D eigenvalue weighted by Crippen LogP contribution is -2.45. The molecule has 2 heterocycles. The molecule has 0 aromatic heterocycles. The van der Waals surface area contributed by atoms with Crippen molar-refractivity contribution < 1.29 is 16.8 Å². The fourth-order valence-corrected chi connectivity index (χ4v) is 10.5. The maximum absolute atomic E-state index is 14.4. The monoisotopic (exact) mass is 731 g/mol. The molecule has 0 N–H and O–H groups in total. The van der Waals surface area contributed by atoms with E-state index in [1.807, 2.05) is 61.5 Å². The molecule has 2 aliphatic heterocycles. The van der Waals surface area contributed by atoms with Crippen molar-refractivity contribution in [3.63, 3.8) is 0 Å². The molecular weight excluding hydrogens is 679 g/mol. The Morgan fingerprint density at radius 2 is 1.49 bits per heavy atom. The molecule has 11 heteroatoms. The number of hydrogen-bond donors (Lipinski definition) is 0. The summed E-state index contributed by atoms with van der Waals surface area (Å²) < 4.78 is 61.4. The highest BCUT2D eigenvalue weighted by Crippen LogP contribution is 2.29. The summed E-state index contributed by atoms with van der Waals surface area (Å²) >= 11 is 0. The van der Waals surface area contributed by atoms with Crippen molar-refractivity contribution in [3.8, 4) is 11.1 Å². The van der Waals surface area contributed by atoms with Crippen molar-refractivity contribution in [2.24, 2.45) is 5.92 Å². The van der Waals surface area contributed by atoms with Crippen LogP contribution in [0.3, 0.4) is 0 Å². The van der Waals surface area contributed by atoms with E-state index < -0.39 is 20.2 Å². The number of fused-ring (bicyclic) bond motifs is 1. The molecule has 0 saturated heterocycles. The first-order chi connectivity index (χ1) is 24.5. The molecule has 0 radical (unpaired) electrons. The van der Waals surface area contributed by atoms with Gasteiger partial charge in [0, 0.05) is 65.3 Å². The van der Waals surface area contributed by atoms with Gasteiger partial charge in [-0.2, -0.15) is 17.0 Å². The van der Waals surface area contributed by atoms with E-state index in [4.69, 9.17) is 0 Å². The van der Waals surface area contributed by atoms with Crippen LogP contribution in [-0.4, -0.2) is 94.6 Å². The molecule has 9 nitrogen and oxygen atoms in total.